The van der Waals surface area contributed by atoms with Gasteiger partial charge in [-0.25, -0.2) is 0 Å². The molecule has 3 heteroatoms. The first-order chi connectivity index (χ1) is 8.79. The van der Waals surface area contributed by atoms with Gasteiger partial charge in [-0.05, 0) is 38.8 Å². The predicted molar refractivity (Wildman–Crippen MR) is 80.8 cm³/mol. The van der Waals surface area contributed by atoms with E-state index in [1.165, 1.54) is 0 Å². The maximum atomic E-state index is 11.3. The van der Waals surface area contributed by atoms with Gasteiger partial charge in [-0.3, -0.25) is 4.79 Å². The molecule has 0 spiro atoms. The summed E-state index contributed by atoms with van der Waals surface area (Å²) in [4.78, 5) is 11.3. The molecule has 1 atom stereocenters. The van der Waals surface area contributed by atoms with Crippen LogP contribution in [0.15, 0.2) is 28.7 Å². The van der Waals surface area contributed by atoms with Crippen molar-refractivity contribution >= 4 is 21.9 Å². The summed E-state index contributed by atoms with van der Waals surface area (Å²) in [5.41, 5.74) is 0.920. The fourth-order valence-corrected chi connectivity index (χ4v) is 2.06. The zero-order valence-corrected chi connectivity index (χ0v) is 13.1. The first-order valence-electron chi connectivity index (χ1n) is 6.26. The van der Waals surface area contributed by atoms with Crippen molar-refractivity contribution in [2.45, 2.75) is 33.6 Å². The Morgan fingerprint density at radius 1 is 1.37 bits per heavy atom. The molecule has 0 bridgehead atoms. The summed E-state index contributed by atoms with van der Waals surface area (Å²) in [6.07, 6.45) is 0.878. The minimum Gasteiger partial charge on any atom is -0.481 e. The highest BCUT2D eigenvalue weighted by Crippen LogP contribution is 2.21. The molecule has 19 heavy (non-hydrogen) atoms. The molecule has 102 valence electrons. The van der Waals surface area contributed by atoms with Gasteiger partial charge in [0.25, 0.3) is 0 Å². The predicted octanol–water partition coefficient (Wildman–Crippen LogP) is 4.13. The first kappa shape index (κ1) is 15.8. The number of hydrogen-bond donors (Lipinski definition) is 1. The van der Waals surface area contributed by atoms with E-state index < -0.39 is 11.9 Å². The van der Waals surface area contributed by atoms with Crippen LogP contribution in [0.5, 0.6) is 0 Å². The molecular formula is C16H19BrO2. The van der Waals surface area contributed by atoms with E-state index in [9.17, 15) is 9.90 Å². The summed E-state index contributed by atoms with van der Waals surface area (Å²) < 4.78 is 0.949. The Morgan fingerprint density at radius 3 is 2.53 bits per heavy atom. The molecule has 0 aromatic heterocycles. The number of hydrogen-bond acceptors (Lipinski definition) is 1. The summed E-state index contributed by atoms with van der Waals surface area (Å²) in [7, 11) is 0. The smallest absolute Gasteiger partial charge is 0.307 e. The Bertz CT molecular complexity index is 503. The largest absolute Gasteiger partial charge is 0.481 e. The Morgan fingerprint density at radius 2 is 2.00 bits per heavy atom. The molecule has 1 unspecified atom stereocenters. The SMILES string of the molecule is CC(C)(C)C#CCC(Cc1ccccc1Br)C(=O)O. The molecular weight excluding hydrogens is 304 g/mol. The van der Waals surface area contributed by atoms with Gasteiger partial charge in [0.1, 0.15) is 0 Å². The zero-order chi connectivity index (χ0) is 14.5. The number of aliphatic carboxylic acids is 1. The summed E-state index contributed by atoms with van der Waals surface area (Å²) in [5, 5.41) is 9.27. The van der Waals surface area contributed by atoms with E-state index in [-0.39, 0.29) is 5.41 Å². The van der Waals surface area contributed by atoms with Crippen molar-refractivity contribution in [3.63, 3.8) is 0 Å². The molecule has 1 aromatic rings. The highest BCUT2D eigenvalue weighted by molar-refractivity contribution is 9.10. The fraction of sp³-hybridized carbons (Fsp3) is 0.438. The van der Waals surface area contributed by atoms with E-state index in [0.29, 0.717) is 12.8 Å². The highest BCUT2D eigenvalue weighted by Gasteiger charge is 2.18. The lowest BCUT2D eigenvalue weighted by Crippen LogP contribution is -2.16. The van der Waals surface area contributed by atoms with Crippen LogP contribution in [0.2, 0.25) is 0 Å². The quantitative estimate of drug-likeness (QED) is 0.846. The molecule has 0 heterocycles. The minimum absolute atomic E-state index is 0.0869. The molecule has 0 aliphatic heterocycles. The van der Waals surface area contributed by atoms with Crippen LogP contribution in [-0.2, 0) is 11.2 Å². The number of rotatable bonds is 4. The maximum absolute atomic E-state index is 11.3. The van der Waals surface area contributed by atoms with Crippen LogP contribution in [0.4, 0.5) is 0 Å². The lowest BCUT2D eigenvalue weighted by molar-refractivity contribution is -0.141. The third-order valence-electron chi connectivity index (χ3n) is 2.59. The van der Waals surface area contributed by atoms with E-state index in [2.05, 4.69) is 27.8 Å². The van der Waals surface area contributed by atoms with Crippen molar-refractivity contribution in [2.24, 2.45) is 11.3 Å². The topological polar surface area (TPSA) is 37.3 Å². The second kappa shape index (κ2) is 6.77. The van der Waals surface area contributed by atoms with E-state index in [1.807, 2.05) is 45.0 Å². The number of halogens is 1. The molecule has 0 aliphatic carbocycles. The monoisotopic (exact) mass is 322 g/mol. The Balaban J connectivity index is 2.77. The average Bonchev–Trinajstić information content (AvgIpc) is 2.28. The van der Waals surface area contributed by atoms with Crippen molar-refractivity contribution < 1.29 is 9.90 Å². The molecule has 2 nitrogen and oxygen atoms in total. The first-order valence-corrected chi connectivity index (χ1v) is 7.05. The highest BCUT2D eigenvalue weighted by atomic mass is 79.9. The van der Waals surface area contributed by atoms with Crippen molar-refractivity contribution in [2.75, 3.05) is 0 Å². The molecule has 0 aliphatic rings. The lowest BCUT2D eigenvalue weighted by Gasteiger charge is -2.11. The second-order valence-corrected chi connectivity index (χ2v) is 6.44. The third kappa shape index (κ3) is 5.94. The van der Waals surface area contributed by atoms with Crippen LogP contribution < -0.4 is 0 Å². The molecule has 0 radical (unpaired) electrons. The van der Waals surface area contributed by atoms with Gasteiger partial charge in [0.2, 0.25) is 0 Å². The van der Waals surface area contributed by atoms with Crippen LogP contribution in [-0.4, -0.2) is 11.1 Å². The van der Waals surface area contributed by atoms with Crippen LogP contribution >= 0.6 is 15.9 Å². The summed E-state index contributed by atoms with van der Waals surface area (Å²) in [6, 6.07) is 7.70. The van der Waals surface area contributed by atoms with E-state index >= 15 is 0 Å². The molecule has 0 fully saturated rings. The van der Waals surface area contributed by atoms with Crippen molar-refractivity contribution in [3.8, 4) is 11.8 Å². The summed E-state index contributed by atoms with van der Waals surface area (Å²) in [6.45, 7) is 6.05. The number of benzene rings is 1. The van der Waals surface area contributed by atoms with Gasteiger partial charge in [-0.2, -0.15) is 0 Å². The van der Waals surface area contributed by atoms with Gasteiger partial charge < -0.3 is 5.11 Å². The third-order valence-corrected chi connectivity index (χ3v) is 3.36. The molecule has 0 amide bonds. The second-order valence-electron chi connectivity index (χ2n) is 5.59. The molecule has 1 rings (SSSR count). The molecule has 0 saturated heterocycles. The minimum atomic E-state index is -0.793. The molecule has 0 saturated carbocycles. The Kier molecular flexibility index (Phi) is 5.62. The fourth-order valence-electron chi connectivity index (χ4n) is 1.62. The van der Waals surface area contributed by atoms with E-state index in [4.69, 9.17) is 0 Å². The number of carboxylic acids is 1. The summed E-state index contributed by atoms with van der Waals surface area (Å²) in [5.74, 6) is 4.83. The zero-order valence-electron chi connectivity index (χ0n) is 11.5. The van der Waals surface area contributed by atoms with Gasteiger partial charge in [-0.1, -0.05) is 40.0 Å². The van der Waals surface area contributed by atoms with Gasteiger partial charge in [0.05, 0.1) is 5.92 Å². The van der Waals surface area contributed by atoms with Crippen molar-refractivity contribution in [1.29, 1.82) is 0 Å². The maximum Gasteiger partial charge on any atom is 0.307 e. The van der Waals surface area contributed by atoms with E-state index in [1.54, 1.807) is 0 Å². The van der Waals surface area contributed by atoms with Crippen LogP contribution in [0.1, 0.15) is 32.8 Å². The number of carbonyl (C=O) groups is 1. The molecule has 1 aromatic carbocycles. The van der Waals surface area contributed by atoms with Crippen LogP contribution in [0.3, 0.4) is 0 Å². The molecule has 1 N–H and O–H groups in total. The van der Waals surface area contributed by atoms with Gasteiger partial charge in [0.15, 0.2) is 0 Å². The normalized spacial score (nSPS) is 12.4. The van der Waals surface area contributed by atoms with E-state index in [0.717, 1.165) is 10.0 Å². The number of carboxylic acid groups (broad SMARTS) is 1. The Hall–Kier alpha value is -1.27. The Labute approximate surface area is 123 Å². The van der Waals surface area contributed by atoms with Crippen LogP contribution in [0.25, 0.3) is 0 Å². The van der Waals surface area contributed by atoms with Crippen LogP contribution in [0, 0.1) is 23.2 Å². The van der Waals surface area contributed by atoms with Crippen molar-refractivity contribution in [1.82, 2.24) is 0 Å². The van der Waals surface area contributed by atoms with Gasteiger partial charge in [-0.15, -0.1) is 5.92 Å². The average molecular weight is 323 g/mol. The van der Waals surface area contributed by atoms with Gasteiger partial charge >= 0.3 is 5.97 Å². The summed E-state index contributed by atoms with van der Waals surface area (Å²) >= 11 is 3.44. The van der Waals surface area contributed by atoms with Crippen molar-refractivity contribution in [3.05, 3.63) is 34.3 Å². The standard InChI is InChI=1S/C16H19BrO2/c1-16(2,3)10-6-8-13(15(18)19)11-12-7-4-5-9-14(12)17/h4-5,7,9,13H,8,11H2,1-3H3,(H,18,19). The lowest BCUT2D eigenvalue weighted by atomic mass is 9.94. The van der Waals surface area contributed by atoms with Gasteiger partial charge in [0, 0.05) is 16.3 Å².